The number of ether oxygens (including phenoxy) is 1. The van der Waals surface area contributed by atoms with Crippen LogP contribution in [0.15, 0.2) is 122 Å². The number of nitrogens with zero attached hydrogens (tertiary/aromatic N) is 1. The molecule has 0 aliphatic carbocycles. The zero-order chi connectivity index (χ0) is 22.3. The van der Waals surface area contributed by atoms with Crippen LogP contribution in [0.25, 0.3) is 0 Å². The second-order valence-corrected chi connectivity index (χ2v) is 7.51. The van der Waals surface area contributed by atoms with E-state index in [1.54, 1.807) is 0 Å². The number of benzene rings is 4. The number of hydrogen-bond acceptors (Lipinski definition) is 3. The highest BCUT2D eigenvalue weighted by molar-refractivity contribution is 5.83. The van der Waals surface area contributed by atoms with Crippen molar-refractivity contribution >= 4 is 23.0 Å². The molecule has 0 aliphatic rings. The molecule has 0 bridgehead atoms. The van der Waals surface area contributed by atoms with Crippen LogP contribution in [-0.2, 0) is 4.79 Å². The summed E-state index contributed by atoms with van der Waals surface area (Å²) in [6, 6.07) is 37.0. The maximum Gasteiger partial charge on any atom is 0.335 e. The lowest BCUT2D eigenvalue weighted by molar-refractivity contribution is -0.128. The van der Waals surface area contributed by atoms with Crippen molar-refractivity contribution in [3.63, 3.8) is 0 Å². The Hall–Kier alpha value is -4.11. The molecule has 0 amide bonds. The van der Waals surface area contributed by atoms with Crippen LogP contribution in [-0.4, -0.2) is 5.97 Å². The topological polar surface area (TPSA) is 29.5 Å². The van der Waals surface area contributed by atoms with Crippen LogP contribution in [0.5, 0.6) is 5.75 Å². The predicted molar refractivity (Wildman–Crippen MR) is 131 cm³/mol. The van der Waals surface area contributed by atoms with Crippen LogP contribution >= 0.6 is 0 Å². The maximum atomic E-state index is 11.4. The summed E-state index contributed by atoms with van der Waals surface area (Å²) < 4.78 is 5.17. The first-order valence-electron chi connectivity index (χ1n) is 10.6. The number of esters is 1. The van der Waals surface area contributed by atoms with Crippen molar-refractivity contribution in [2.75, 3.05) is 4.90 Å². The summed E-state index contributed by atoms with van der Waals surface area (Å²) in [7, 11) is 0. The molecule has 158 valence electrons. The van der Waals surface area contributed by atoms with E-state index in [2.05, 4.69) is 91.2 Å². The van der Waals surface area contributed by atoms with E-state index in [1.165, 1.54) is 5.56 Å². The number of carbonyl (C=O) groups excluding carboxylic acids is 1. The van der Waals surface area contributed by atoms with Crippen LogP contribution in [0.2, 0.25) is 0 Å². The Morgan fingerprint density at radius 1 is 0.719 bits per heavy atom. The fraction of sp³-hybridized carbons (Fsp3) is 0.0690. The first kappa shape index (κ1) is 21.1. The summed E-state index contributed by atoms with van der Waals surface area (Å²) in [6.45, 7) is 5.59. The van der Waals surface area contributed by atoms with Gasteiger partial charge in [0.15, 0.2) is 0 Å². The average molecular weight is 420 g/mol. The summed E-state index contributed by atoms with van der Waals surface area (Å²) >= 11 is 0. The van der Waals surface area contributed by atoms with Gasteiger partial charge in [-0.05, 0) is 59.7 Å². The first-order chi connectivity index (χ1) is 15.7. The lowest BCUT2D eigenvalue weighted by Crippen LogP contribution is -2.09. The molecule has 4 aromatic carbocycles. The second kappa shape index (κ2) is 9.80. The molecule has 1 unspecified atom stereocenters. The molecular weight excluding hydrogens is 394 g/mol. The molecule has 0 fully saturated rings. The van der Waals surface area contributed by atoms with E-state index in [0.29, 0.717) is 5.75 Å². The van der Waals surface area contributed by atoms with Crippen molar-refractivity contribution < 1.29 is 9.53 Å². The van der Waals surface area contributed by atoms with E-state index in [9.17, 15) is 4.79 Å². The van der Waals surface area contributed by atoms with Crippen molar-refractivity contribution in [1.82, 2.24) is 0 Å². The Morgan fingerprint density at radius 2 is 1.16 bits per heavy atom. The number of carbonyl (C=O) groups is 1. The fourth-order valence-corrected chi connectivity index (χ4v) is 3.69. The van der Waals surface area contributed by atoms with Crippen LogP contribution in [0.1, 0.15) is 24.0 Å². The van der Waals surface area contributed by atoms with Crippen LogP contribution < -0.4 is 9.64 Å². The van der Waals surface area contributed by atoms with Crippen molar-refractivity contribution in [3.8, 4) is 5.75 Å². The molecular formula is C29H25NO2. The smallest absolute Gasteiger partial charge is 0.335 e. The molecule has 0 aromatic heterocycles. The lowest BCUT2D eigenvalue weighted by Gasteiger charge is -2.26. The van der Waals surface area contributed by atoms with Gasteiger partial charge in [-0.25, -0.2) is 4.79 Å². The summed E-state index contributed by atoms with van der Waals surface area (Å²) in [5.74, 6) is 0.264. The van der Waals surface area contributed by atoms with Gasteiger partial charge in [-0.3, -0.25) is 0 Å². The average Bonchev–Trinajstić information content (AvgIpc) is 2.86. The highest BCUT2D eigenvalue weighted by Gasteiger charge is 2.14. The van der Waals surface area contributed by atoms with E-state index in [-0.39, 0.29) is 5.92 Å². The fourth-order valence-electron chi connectivity index (χ4n) is 3.69. The van der Waals surface area contributed by atoms with E-state index in [4.69, 9.17) is 4.74 Å². The Bertz CT molecular complexity index is 1130. The SMILES string of the molecule is C=CC(=O)Oc1ccc(C(C)c2ccc(N(c3ccccc3)c3ccccc3)cc2)cc1. The third kappa shape index (κ3) is 4.79. The maximum absolute atomic E-state index is 11.4. The zero-order valence-corrected chi connectivity index (χ0v) is 18.0. The van der Waals surface area contributed by atoms with Crippen molar-refractivity contribution in [2.45, 2.75) is 12.8 Å². The van der Waals surface area contributed by atoms with Gasteiger partial charge in [-0.1, -0.05) is 74.2 Å². The van der Waals surface area contributed by atoms with Crippen molar-refractivity contribution in [2.24, 2.45) is 0 Å². The summed E-state index contributed by atoms with van der Waals surface area (Å²) in [4.78, 5) is 13.6. The van der Waals surface area contributed by atoms with Crippen molar-refractivity contribution in [1.29, 1.82) is 0 Å². The molecule has 0 saturated heterocycles. The number of anilines is 3. The molecule has 4 aromatic rings. The van der Waals surface area contributed by atoms with Gasteiger partial charge in [0.1, 0.15) is 5.75 Å². The summed E-state index contributed by atoms with van der Waals surface area (Å²) in [5, 5.41) is 0. The number of rotatable bonds is 7. The molecule has 0 radical (unpaired) electrons. The normalized spacial score (nSPS) is 11.4. The second-order valence-electron chi connectivity index (χ2n) is 7.51. The molecule has 0 saturated carbocycles. The Morgan fingerprint density at radius 3 is 1.62 bits per heavy atom. The van der Waals surface area contributed by atoms with Gasteiger partial charge in [0, 0.05) is 29.1 Å². The molecule has 0 spiro atoms. The zero-order valence-electron chi connectivity index (χ0n) is 18.0. The lowest BCUT2D eigenvalue weighted by atomic mass is 9.93. The molecule has 3 nitrogen and oxygen atoms in total. The van der Waals surface area contributed by atoms with Crippen molar-refractivity contribution in [3.05, 3.63) is 133 Å². The third-order valence-corrected chi connectivity index (χ3v) is 5.45. The highest BCUT2D eigenvalue weighted by atomic mass is 16.5. The minimum Gasteiger partial charge on any atom is -0.423 e. The Labute approximate surface area is 189 Å². The van der Waals surface area contributed by atoms with E-state index < -0.39 is 5.97 Å². The van der Waals surface area contributed by atoms with Gasteiger partial charge < -0.3 is 9.64 Å². The monoisotopic (exact) mass is 419 g/mol. The van der Waals surface area contributed by atoms with Gasteiger partial charge in [0.05, 0.1) is 0 Å². The van der Waals surface area contributed by atoms with Gasteiger partial charge in [0.25, 0.3) is 0 Å². The molecule has 32 heavy (non-hydrogen) atoms. The largest absolute Gasteiger partial charge is 0.423 e. The third-order valence-electron chi connectivity index (χ3n) is 5.45. The quantitative estimate of drug-likeness (QED) is 0.178. The van der Waals surface area contributed by atoms with Gasteiger partial charge >= 0.3 is 5.97 Å². The first-order valence-corrected chi connectivity index (χ1v) is 10.6. The molecule has 0 N–H and O–H groups in total. The number of hydrogen-bond donors (Lipinski definition) is 0. The minimum absolute atomic E-state index is 0.204. The molecule has 0 aliphatic heterocycles. The molecule has 0 heterocycles. The highest BCUT2D eigenvalue weighted by Crippen LogP contribution is 2.35. The standard InChI is InChI=1S/C29H25NO2/c1-3-29(31)32-28-20-16-24(17-21-28)22(2)23-14-18-27(19-15-23)30(25-10-6-4-7-11-25)26-12-8-5-9-13-26/h3-22H,1H2,2H3. The molecule has 1 atom stereocenters. The molecule has 3 heteroatoms. The molecule has 4 rings (SSSR count). The van der Waals surface area contributed by atoms with Gasteiger partial charge in [0.2, 0.25) is 0 Å². The Balaban J connectivity index is 1.58. The van der Waals surface area contributed by atoms with Gasteiger partial charge in [-0.15, -0.1) is 0 Å². The van der Waals surface area contributed by atoms with E-state index in [1.807, 2.05) is 36.4 Å². The van der Waals surface area contributed by atoms with E-state index >= 15 is 0 Å². The summed E-state index contributed by atoms with van der Waals surface area (Å²) in [5.41, 5.74) is 5.70. The summed E-state index contributed by atoms with van der Waals surface area (Å²) in [6.07, 6.45) is 1.16. The predicted octanol–water partition coefficient (Wildman–Crippen LogP) is 7.40. The van der Waals surface area contributed by atoms with Gasteiger partial charge in [-0.2, -0.15) is 0 Å². The van der Waals surface area contributed by atoms with E-state index in [0.717, 1.165) is 28.7 Å². The number of para-hydroxylation sites is 2. The van der Waals surface area contributed by atoms with Crippen LogP contribution in [0, 0.1) is 0 Å². The Kier molecular flexibility index (Phi) is 6.47. The van der Waals surface area contributed by atoms with Crippen LogP contribution in [0.4, 0.5) is 17.1 Å². The van der Waals surface area contributed by atoms with Crippen LogP contribution in [0.3, 0.4) is 0 Å². The minimum atomic E-state index is -0.456.